The summed E-state index contributed by atoms with van der Waals surface area (Å²) in [6.07, 6.45) is 0.232. The van der Waals surface area contributed by atoms with E-state index in [9.17, 15) is 19.2 Å². The molecule has 2 aromatic carbocycles. The van der Waals surface area contributed by atoms with Gasteiger partial charge in [0, 0.05) is 26.2 Å². The number of aryl methyl sites for hydroxylation is 2. The average molecular weight is 467 g/mol. The number of ether oxygens (including phenoxy) is 2. The third kappa shape index (κ3) is 7.16. The minimum Gasteiger partial charge on any atom is -0.455 e. The molecule has 0 radical (unpaired) electrons. The van der Waals surface area contributed by atoms with Crippen molar-refractivity contribution in [2.45, 2.75) is 26.7 Å². The summed E-state index contributed by atoms with van der Waals surface area (Å²) in [6.45, 7) is 4.51. The number of carbonyl (C=O) groups is 4. The first-order valence-corrected chi connectivity index (χ1v) is 11.3. The lowest BCUT2D eigenvalue weighted by molar-refractivity contribution is -0.155. The first kappa shape index (κ1) is 25.0. The lowest BCUT2D eigenvalue weighted by Gasteiger charge is -2.34. The third-order valence-corrected chi connectivity index (χ3v) is 5.89. The fourth-order valence-electron chi connectivity index (χ4n) is 3.70. The molecule has 0 spiro atoms. The van der Waals surface area contributed by atoms with Gasteiger partial charge in [-0.3, -0.25) is 19.2 Å². The fourth-order valence-corrected chi connectivity index (χ4v) is 3.70. The van der Waals surface area contributed by atoms with Gasteiger partial charge in [0.2, 0.25) is 0 Å². The number of carbonyl (C=O) groups excluding carboxylic acids is 4. The Morgan fingerprint density at radius 3 is 1.35 bits per heavy atom. The largest absolute Gasteiger partial charge is 0.455 e. The van der Waals surface area contributed by atoms with Gasteiger partial charge in [-0.1, -0.05) is 48.5 Å². The van der Waals surface area contributed by atoms with Gasteiger partial charge in [0.1, 0.15) is 0 Å². The SMILES string of the molecule is Cc1ccccc1CC(=O)OCC(=O)N1CCN(C(=O)COC(=O)Cc2ccccc2C)CC1. The smallest absolute Gasteiger partial charge is 0.310 e. The first-order chi connectivity index (χ1) is 16.3. The van der Waals surface area contributed by atoms with Crippen LogP contribution in [-0.4, -0.2) is 72.9 Å². The number of benzene rings is 2. The van der Waals surface area contributed by atoms with Crippen molar-refractivity contribution < 1.29 is 28.7 Å². The maximum Gasteiger partial charge on any atom is 0.310 e. The number of hydrogen-bond acceptors (Lipinski definition) is 6. The zero-order valence-electron chi connectivity index (χ0n) is 19.6. The molecular weight excluding hydrogens is 436 g/mol. The van der Waals surface area contributed by atoms with Crippen molar-refractivity contribution in [1.29, 1.82) is 0 Å². The zero-order valence-corrected chi connectivity index (χ0v) is 19.6. The van der Waals surface area contributed by atoms with Gasteiger partial charge in [-0.2, -0.15) is 0 Å². The summed E-state index contributed by atoms with van der Waals surface area (Å²) in [6, 6.07) is 15.0. The topological polar surface area (TPSA) is 93.2 Å². The Morgan fingerprint density at radius 2 is 1.00 bits per heavy atom. The second-order valence-electron chi connectivity index (χ2n) is 8.29. The Bertz CT molecular complexity index is 960. The average Bonchev–Trinajstić information content (AvgIpc) is 2.84. The molecule has 2 aromatic rings. The molecule has 8 heteroatoms. The Balaban J connectivity index is 1.35. The highest BCUT2D eigenvalue weighted by Crippen LogP contribution is 2.10. The van der Waals surface area contributed by atoms with Crippen molar-refractivity contribution in [3.05, 3.63) is 70.8 Å². The van der Waals surface area contributed by atoms with Crippen LogP contribution in [0.15, 0.2) is 48.5 Å². The van der Waals surface area contributed by atoms with Crippen LogP contribution >= 0.6 is 0 Å². The van der Waals surface area contributed by atoms with Gasteiger partial charge in [-0.25, -0.2) is 0 Å². The number of rotatable bonds is 8. The van der Waals surface area contributed by atoms with Crippen molar-refractivity contribution >= 4 is 23.8 Å². The maximum atomic E-state index is 12.4. The van der Waals surface area contributed by atoms with E-state index in [4.69, 9.17) is 9.47 Å². The number of piperazine rings is 1. The van der Waals surface area contributed by atoms with Crippen LogP contribution in [0, 0.1) is 13.8 Å². The number of esters is 2. The molecule has 1 saturated heterocycles. The van der Waals surface area contributed by atoms with E-state index in [1.165, 1.54) is 0 Å². The zero-order chi connectivity index (χ0) is 24.5. The van der Waals surface area contributed by atoms with Crippen LogP contribution in [0.4, 0.5) is 0 Å². The molecule has 0 unspecified atom stereocenters. The van der Waals surface area contributed by atoms with Gasteiger partial charge in [0.25, 0.3) is 11.8 Å². The second-order valence-corrected chi connectivity index (χ2v) is 8.29. The monoisotopic (exact) mass is 466 g/mol. The lowest BCUT2D eigenvalue weighted by Crippen LogP contribution is -2.52. The third-order valence-electron chi connectivity index (χ3n) is 5.89. The molecule has 1 heterocycles. The molecule has 2 amide bonds. The Labute approximate surface area is 199 Å². The maximum absolute atomic E-state index is 12.4. The van der Waals surface area contributed by atoms with Gasteiger partial charge >= 0.3 is 11.9 Å². The summed E-state index contributed by atoms with van der Waals surface area (Å²) in [5.74, 6) is -1.50. The molecule has 0 saturated carbocycles. The van der Waals surface area contributed by atoms with Gasteiger partial charge in [0.15, 0.2) is 13.2 Å². The van der Waals surface area contributed by atoms with E-state index >= 15 is 0 Å². The summed E-state index contributed by atoms with van der Waals surface area (Å²) in [5, 5.41) is 0. The van der Waals surface area contributed by atoms with E-state index in [0.717, 1.165) is 22.3 Å². The van der Waals surface area contributed by atoms with Crippen LogP contribution in [0.1, 0.15) is 22.3 Å². The highest BCUT2D eigenvalue weighted by molar-refractivity contribution is 5.83. The van der Waals surface area contributed by atoms with E-state index < -0.39 is 11.9 Å². The van der Waals surface area contributed by atoms with E-state index in [1.54, 1.807) is 9.80 Å². The minimum atomic E-state index is -0.455. The predicted octanol–water partition coefficient (Wildman–Crippen LogP) is 1.85. The number of amides is 2. The molecule has 3 rings (SSSR count). The number of hydrogen-bond donors (Lipinski definition) is 0. The van der Waals surface area contributed by atoms with Crippen molar-refractivity contribution in [3.63, 3.8) is 0 Å². The highest BCUT2D eigenvalue weighted by atomic mass is 16.5. The minimum absolute atomic E-state index is 0.116. The van der Waals surface area contributed by atoms with Crippen LogP contribution in [0.2, 0.25) is 0 Å². The Hall–Kier alpha value is -3.68. The van der Waals surface area contributed by atoms with Gasteiger partial charge < -0.3 is 19.3 Å². The molecule has 0 aliphatic carbocycles. The van der Waals surface area contributed by atoms with Crippen molar-refractivity contribution in [3.8, 4) is 0 Å². The fraction of sp³-hybridized carbons (Fsp3) is 0.385. The summed E-state index contributed by atoms with van der Waals surface area (Å²) in [5.41, 5.74) is 3.72. The van der Waals surface area contributed by atoms with E-state index in [1.807, 2.05) is 62.4 Å². The van der Waals surface area contributed by atoms with Crippen LogP contribution in [0.25, 0.3) is 0 Å². The predicted molar refractivity (Wildman–Crippen MR) is 125 cm³/mol. The van der Waals surface area contributed by atoms with Crippen molar-refractivity contribution in [2.24, 2.45) is 0 Å². The van der Waals surface area contributed by atoms with Crippen LogP contribution in [0.3, 0.4) is 0 Å². The molecule has 180 valence electrons. The van der Waals surface area contributed by atoms with Gasteiger partial charge in [-0.05, 0) is 36.1 Å². The summed E-state index contributed by atoms with van der Waals surface area (Å²) in [4.78, 5) is 52.0. The quantitative estimate of drug-likeness (QED) is 0.552. The Kier molecular flexibility index (Phi) is 8.79. The molecule has 1 aliphatic heterocycles. The highest BCUT2D eigenvalue weighted by Gasteiger charge is 2.25. The van der Waals surface area contributed by atoms with E-state index in [-0.39, 0.29) is 37.9 Å². The first-order valence-electron chi connectivity index (χ1n) is 11.3. The summed E-state index contributed by atoms with van der Waals surface area (Å²) in [7, 11) is 0. The number of nitrogens with zero attached hydrogens (tertiary/aromatic N) is 2. The van der Waals surface area contributed by atoms with Crippen molar-refractivity contribution in [1.82, 2.24) is 9.80 Å². The normalized spacial score (nSPS) is 13.4. The second kappa shape index (κ2) is 12.0. The standard InChI is InChI=1S/C26H30N2O6/c1-19-7-3-5-9-21(19)15-25(31)33-17-23(29)27-11-13-28(14-12-27)24(30)18-34-26(32)16-22-10-6-4-8-20(22)2/h3-10H,11-18H2,1-2H3. The van der Waals surface area contributed by atoms with Gasteiger partial charge in [-0.15, -0.1) is 0 Å². The Morgan fingerprint density at radius 1 is 0.647 bits per heavy atom. The molecule has 1 fully saturated rings. The van der Waals surface area contributed by atoms with Crippen LogP contribution < -0.4 is 0 Å². The van der Waals surface area contributed by atoms with Crippen molar-refractivity contribution in [2.75, 3.05) is 39.4 Å². The summed E-state index contributed by atoms with van der Waals surface area (Å²) >= 11 is 0. The molecule has 34 heavy (non-hydrogen) atoms. The molecule has 1 aliphatic rings. The lowest BCUT2D eigenvalue weighted by atomic mass is 10.1. The van der Waals surface area contributed by atoms with Crippen LogP contribution in [0.5, 0.6) is 0 Å². The molecular formula is C26H30N2O6. The molecule has 0 N–H and O–H groups in total. The molecule has 8 nitrogen and oxygen atoms in total. The van der Waals surface area contributed by atoms with E-state index in [2.05, 4.69) is 0 Å². The van der Waals surface area contributed by atoms with E-state index in [0.29, 0.717) is 26.2 Å². The van der Waals surface area contributed by atoms with Gasteiger partial charge in [0.05, 0.1) is 12.8 Å². The molecule has 0 aromatic heterocycles. The summed E-state index contributed by atoms with van der Waals surface area (Å²) < 4.78 is 10.3. The van der Waals surface area contributed by atoms with Crippen LogP contribution in [-0.2, 0) is 41.5 Å². The molecule has 0 bridgehead atoms. The molecule has 0 atom stereocenters.